The van der Waals surface area contributed by atoms with Crippen molar-refractivity contribution in [2.24, 2.45) is 23.5 Å². The van der Waals surface area contributed by atoms with E-state index in [9.17, 15) is 0 Å². The highest BCUT2D eigenvalue weighted by Crippen LogP contribution is 2.09. The molecule has 20 heavy (non-hydrogen) atoms. The summed E-state index contributed by atoms with van der Waals surface area (Å²) >= 11 is 0. The molecule has 0 saturated heterocycles. The first-order valence-electron chi connectivity index (χ1n) is 7.86. The summed E-state index contributed by atoms with van der Waals surface area (Å²) in [4.78, 5) is 0. The zero-order chi connectivity index (χ0) is 15.5. The highest BCUT2D eigenvalue weighted by Gasteiger charge is 2.22. The quantitative estimate of drug-likeness (QED) is 0.563. The van der Waals surface area contributed by atoms with Gasteiger partial charge in [0.05, 0.1) is 0 Å². The molecule has 0 aliphatic carbocycles. The van der Waals surface area contributed by atoms with E-state index in [-0.39, 0.29) is 6.04 Å². The van der Waals surface area contributed by atoms with E-state index < -0.39 is 9.53 Å². The zero-order valence-corrected chi connectivity index (χ0v) is 15.1. The molecule has 0 rings (SSSR count). The minimum Gasteiger partial charge on any atom is -0.371 e. The first kappa shape index (κ1) is 20.1. The first-order valence-corrected chi connectivity index (χ1v) is 9.08. The predicted molar refractivity (Wildman–Crippen MR) is 85.3 cm³/mol. The van der Waals surface area contributed by atoms with E-state index in [1.807, 2.05) is 0 Å². The van der Waals surface area contributed by atoms with Crippen LogP contribution >= 0.6 is 0 Å². The van der Waals surface area contributed by atoms with E-state index in [4.69, 9.17) is 19.0 Å². The normalized spacial score (nSPS) is 15.3. The second-order valence-corrected chi connectivity index (χ2v) is 7.85. The third kappa shape index (κ3) is 11.8. The largest absolute Gasteiger partial charge is 0.577 e. The summed E-state index contributed by atoms with van der Waals surface area (Å²) in [6.07, 6.45) is 2.00. The van der Waals surface area contributed by atoms with Crippen molar-refractivity contribution in [3.8, 4) is 0 Å². The van der Waals surface area contributed by atoms with Crippen LogP contribution in [-0.4, -0.2) is 35.4 Å². The van der Waals surface area contributed by atoms with Crippen molar-refractivity contribution >= 4 is 9.53 Å². The van der Waals surface area contributed by atoms with Gasteiger partial charge in [-0.05, 0) is 30.6 Å². The summed E-state index contributed by atoms with van der Waals surface area (Å²) in [5.41, 5.74) is 5.97. The molecule has 0 aromatic carbocycles. The predicted octanol–water partition coefficient (Wildman–Crippen LogP) is 3.10. The fraction of sp³-hybridized carbons (Fsp3) is 1.00. The molecule has 0 saturated carbocycles. The van der Waals surface area contributed by atoms with Gasteiger partial charge < -0.3 is 19.0 Å². The Balaban J connectivity index is 4.05. The minimum atomic E-state index is -1.61. The van der Waals surface area contributed by atoms with Crippen LogP contribution in [0.1, 0.15) is 54.4 Å². The van der Waals surface area contributed by atoms with E-state index in [0.717, 1.165) is 12.8 Å². The molecule has 0 heterocycles. The minimum absolute atomic E-state index is 0.262. The summed E-state index contributed by atoms with van der Waals surface area (Å²) in [6.45, 7) is 14.8. The van der Waals surface area contributed by atoms with Crippen molar-refractivity contribution in [1.82, 2.24) is 0 Å². The lowest BCUT2D eigenvalue weighted by atomic mass is 10.0. The maximum absolute atomic E-state index is 5.97. The summed E-state index contributed by atoms with van der Waals surface area (Å²) in [7, 11) is -1.61. The molecular formula is C15H34NO3Si. The maximum Gasteiger partial charge on any atom is 0.577 e. The van der Waals surface area contributed by atoms with Gasteiger partial charge in [0.2, 0.25) is 0 Å². The molecule has 0 aromatic heterocycles. The number of rotatable bonds is 12. The Morgan fingerprint density at radius 1 is 0.850 bits per heavy atom. The second kappa shape index (κ2) is 11.7. The van der Waals surface area contributed by atoms with E-state index in [1.54, 1.807) is 0 Å². The SMILES string of the molecule is CCC(N)CC(C)CO[Si](OCC(C)C)OCC(C)C. The lowest BCUT2D eigenvalue weighted by Gasteiger charge is -2.20. The molecule has 0 aliphatic rings. The number of nitrogens with two attached hydrogens (primary N) is 1. The van der Waals surface area contributed by atoms with Gasteiger partial charge in [-0.1, -0.05) is 41.5 Å². The number of hydrogen-bond acceptors (Lipinski definition) is 4. The van der Waals surface area contributed by atoms with Crippen molar-refractivity contribution in [3.05, 3.63) is 0 Å². The average molecular weight is 305 g/mol. The number of hydrogen-bond donors (Lipinski definition) is 1. The second-order valence-electron chi connectivity index (χ2n) is 6.48. The lowest BCUT2D eigenvalue weighted by Crippen LogP contribution is -2.33. The van der Waals surface area contributed by atoms with E-state index >= 15 is 0 Å². The Morgan fingerprint density at radius 3 is 1.70 bits per heavy atom. The topological polar surface area (TPSA) is 53.7 Å². The Hall–Kier alpha value is 0.0569. The summed E-state index contributed by atoms with van der Waals surface area (Å²) in [6, 6.07) is 0.262. The molecule has 121 valence electrons. The molecular weight excluding hydrogens is 270 g/mol. The van der Waals surface area contributed by atoms with Gasteiger partial charge in [0.1, 0.15) is 0 Å². The molecule has 0 aromatic rings. The van der Waals surface area contributed by atoms with Gasteiger partial charge in [0.25, 0.3) is 0 Å². The lowest BCUT2D eigenvalue weighted by molar-refractivity contribution is 0.0647. The van der Waals surface area contributed by atoms with Gasteiger partial charge in [-0.2, -0.15) is 0 Å². The molecule has 0 bridgehead atoms. The third-order valence-corrected chi connectivity index (χ3v) is 3.99. The van der Waals surface area contributed by atoms with Crippen LogP contribution in [0.5, 0.6) is 0 Å². The average Bonchev–Trinajstić information content (AvgIpc) is 2.37. The Bertz CT molecular complexity index is 215. The van der Waals surface area contributed by atoms with Crippen LogP contribution in [0.2, 0.25) is 0 Å². The molecule has 2 unspecified atom stereocenters. The molecule has 5 heteroatoms. The zero-order valence-electron chi connectivity index (χ0n) is 14.1. The van der Waals surface area contributed by atoms with Gasteiger partial charge in [-0.25, -0.2) is 0 Å². The van der Waals surface area contributed by atoms with Gasteiger partial charge in [-0.15, -0.1) is 0 Å². The van der Waals surface area contributed by atoms with Gasteiger partial charge >= 0.3 is 9.53 Å². The van der Waals surface area contributed by atoms with Crippen molar-refractivity contribution in [1.29, 1.82) is 0 Å². The fourth-order valence-corrected chi connectivity index (χ4v) is 3.17. The van der Waals surface area contributed by atoms with Gasteiger partial charge in [0.15, 0.2) is 0 Å². The van der Waals surface area contributed by atoms with Gasteiger partial charge in [0, 0.05) is 25.9 Å². The third-order valence-electron chi connectivity index (χ3n) is 2.78. The van der Waals surface area contributed by atoms with Crippen molar-refractivity contribution in [2.75, 3.05) is 19.8 Å². The van der Waals surface area contributed by atoms with Crippen LogP contribution in [0.3, 0.4) is 0 Å². The molecule has 2 atom stereocenters. The van der Waals surface area contributed by atoms with Crippen molar-refractivity contribution in [3.63, 3.8) is 0 Å². The fourth-order valence-electron chi connectivity index (χ4n) is 1.56. The molecule has 0 aliphatic heterocycles. The maximum atomic E-state index is 5.97. The monoisotopic (exact) mass is 304 g/mol. The van der Waals surface area contributed by atoms with Crippen LogP contribution in [0, 0.1) is 17.8 Å². The Labute approximate surface area is 127 Å². The molecule has 0 fully saturated rings. The van der Waals surface area contributed by atoms with E-state index in [2.05, 4.69) is 41.5 Å². The molecule has 2 N–H and O–H groups in total. The molecule has 1 radical (unpaired) electrons. The molecule has 4 nitrogen and oxygen atoms in total. The standard InChI is InChI=1S/C15H34NO3Si/c1-7-15(16)8-14(6)11-19-20(17-9-12(2)3)18-10-13(4)5/h12-15H,7-11,16H2,1-6H3. The summed E-state index contributed by atoms with van der Waals surface area (Å²) in [5.74, 6) is 1.43. The van der Waals surface area contributed by atoms with Crippen molar-refractivity contribution in [2.45, 2.75) is 60.4 Å². The van der Waals surface area contributed by atoms with Crippen LogP contribution in [0.15, 0.2) is 0 Å². The highest BCUT2D eigenvalue weighted by atomic mass is 28.3. The van der Waals surface area contributed by atoms with Crippen LogP contribution < -0.4 is 5.73 Å². The van der Waals surface area contributed by atoms with Crippen LogP contribution in [0.25, 0.3) is 0 Å². The summed E-state index contributed by atoms with van der Waals surface area (Å²) in [5, 5.41) is 0. The van der Waals surface area contributed by atoms with E-state index in [1.165, 1.54) is 0 Å². The van der Waals surface area contributed by atoms with Gasteiger partial charge in [-0.3, -0.25) is 0 Å². The highest BCUT2D eigenvalue weighted by molar-refractivity contribution is 6.36. The summed E-state index contributed by atoms with van der Waals surface area (Å²) < 4.78 is 17.4. The van der Waals surface area contributed by atoms with Crippen LogP contribution in [0.4, 0.5) is 0 Å². The Kier molecular flexibility index (Phi) is 11.7. The first-order chi connectivity index (χ1) is 9.35. The van der Waals surface area contributed by atoms with Crippen LogP contribution in [-0.2, 0) is 13.3 Å². The van der Waals surface area contributed by atoms with E-state index in [0.29, 0.717) is 37.6 Å². The molecule has 0 spiro atoms. The van der Waals surface area contributed by atoms with Crippen molar-refractivity contribution < 1.29 is 13.3 Å². The molecule has 0 amide bonds. The smallest absolute Gasteiger partial charge is 0.371 e. The Morgan fingerprint density at radius 2 is 1.30 bits per heavy atom.